The highest BCUT2D eigenvalue weighted by molar-refractivity contribution is 6.02. The van der Waals surface area contributed by atoms with E-state index in [0.29, 0.717) is 12.2 Å². The van der Waals surface area contributed by atoms with Crippen LogP contribution in [0.1, 0.15) is 16.1 Å². The zero-order valence-corrected chi connectivity index (χ0v) is 16.8. The molecule has 1 aromatic carbocycles. The van der Waals surface area contributed by atoms with Crippen molar-refractivity contribution in [1.29, 1.82) is 0 Å². The highest BCUT2D eigenvalue weighted by atomic mass is 35.5. The Hall–Kier alpha value is -3.05. The van der Waals surface area contributed by atoms with Crippen molar-refractivity contribution >= 4 is 11.3 Å². The van der Waals surface area contributed by atoms with Gasteiger partial charge in [-0.1, -0.05) is 18.2 Å². The van der Waals surface area contributed by atoms with Crippen LogP contribution >= 0.6 is 0 Å². The van der Waals surface area contributed by atoms with E-state index in [0.717, 1.165) is 28.0 Å². The number of fused-ring (bicyclic) bond motifs is 1. The summed E-state index contributed by atoms with van der Waals surface area (Å²) in [5.41, 5.74) is 4.83. The first-order chi connectivity index (χ1) is 13.1. The molecule has 0 aliphatic heterocycles. The summed E-state index contributed by atoms with van der Waals surface area (Å²) in [5, 5.41) is 0. The second-order valence-electron chi connectivity index (χ2n) is 6.76. The molecule has 0 saturated carbocycles. The second kappa shape index (κ2) is 7.90. The van der Waals surface area contributed by atoms with Gasteiger partial charge in [0.1, 0.15) is 23.8 Å². The van der Waals surface area contributed by atoms with Gasteiger partial charge in [0.25, 0.3) is 0 Å². The van der Waals surface area contributed by atoms with Gasteiger partial charge in [-0.15, -0.1) is 0 Å². The second-order valence-corrected chi connectivity index (χ2v) is 6.76. The molecule has 4 aromatic rings. The molecule has 144 valence electrons. The van der Waals surface area contributed by atoms with Gasteiger partial charge in [0.15, 0.2) is 6.54 Å². The molecule has 3 aromatic heterocycles. The number of hydrogen-bond donors (Lipinski definition) is 0. The molecule has 6 heteroatoms. The Kier molecular flexibility index (Phi) is 5.56. The maximum absolute atomic E-state index is 13.3. The number of aryl methyl sites for hydroxylation is 2. The first-order valence-electron chi connectivity index (χ1n) is 8.86. The van der Waals surface area contributed by atoms with Crippen LogP contribution in [0.5, 0.6) is 5.75 Å². The quantitative estimate of drug-likeness (QED) is 0.363. The zero-order chi connectivity index (χ0) is 19.0. The fourth-order valence-electron chi connectivity index (χ4n) is 3.45. The van der Waals surface area contributed by atoms with E-state index in [1.54, 1.807) is 7.11 Å². The van der Waals surface area contributed by atoms with Crippen LogP contribution in [-0.4, -0.2) is 21.9 Å². The lowest BCUT2D eigenvalue weighted by atomic mass is 10.0. The van der Waals surface area contributed by atoms with Gasteiger partial charge >= 0.3 is 0 Å². The Labute approximate surface area is 170 Å². The van der Waals surface area contributed by atoms with E-state index in [4.69, 9.17) is 4.74 Å². The third-order valence-corrected chi connectivity index (χ3v) is 4.84. The largest absolute Gasteiger partial charge is 1.00 e. The van der Waals surface area contributed by atoms with Crippen LogP contribution in [-0.2, 0) is 13.6 Å². The first kappa shape index (κ1) is 19.7. The van der Waals surface area contributed by atoms with E-state index in [1.165, 1.54) is 0 Å². The van der Waals surface area contributed by atoms with Gasteiger partial charge in [0.05, 0.1) is 14.2 Å². The zero-order valence-electron chi connectivity index (χ0n) is 16.1. The topological polar surface area (TPSA) is 39.5 Å². The summed E-state index contributed by atoms with van der Waals surface area (Å²) in [7, 11) is 3.59. The lowest BCUT2D eigenvalue weighted by Gasteiger charge is -2.07. The molecule has 0 fully saturated rings. The minimum Gasteiger partial charge on any atom is -1.00 e. The number of carbonyl (C=O) groups is 1. The molecule has 0 saturated heterocycles. The van der Waals surface area contributed by atoms with E-state index in [-0.39, 0.29) is 18.2 Å². The van der Waals surface area contributed by atoms with Crippen LogP contribution in [0.4, 0.5) is 0 Å². The van der Waals surface area contributed by atoms with E-state index < -0.39 is 0 Å². The number of rotatable bonds is 5. The van der Waals surface area contributed by atoms with Gasteiger partial charge < -0.3 is 21.5 Å². The summed E-state index contributed by atoms with van der Waals surface area (Å²) < 4.78 is 11.1. The number of benzene rings is 1. The Balaban J connectivity index is 0.00000225. The number of imidazole rings is 1. The highest BCUT2D eigenvalue weighted by Gasteiger charge is 2.21. The third kappa shape index (κ3) is 3.53. The van der Waals surface area contributed by atoms with E-state index in [9.17, 15) is 4.79 Å². The first-order valence-corrected chi connectivity index (χ1v) is 8.86. The fraction of sp³-hybridized carbons (Fsp3) is 0.182. The van der Waals surface area contributed by atoms with Gasteiger partial charge in [-0.25, -0.2) is 9.13 Å². The monoisotopic (exact) mass is 395 g/mol. The molecular weight excluding hydrogens is 374 g/mol. The number of pyridine rings is 1. The molecular formula is C22H22ClN3O2. The Morgan fingerprint density at radius 1 is 1.14 bits per heavy atom. The summed E-state index contributed by atoms with van der Waals surface area (Å²) in [4.78, 5) is 13.3. The average Bonchev–Trinajstić information content (AvgIpc) is 3.26. The van der Waals surface area contributed by atoms with Crippen LogP contribution in [0.3, 0.4) is 0 Å². The molecule has 0 spiro atoms. The molecule has 0 N–H and O–H groups in total. The minimum atomic E-state index is 0. The number of Topliss-reactive ketones (excluding diaryl/α,β-unsaturated/α-hetero) is 1. The summed E-state index contributed by atoms with van der Waals surface area (Å²) in [6.45, 7) is 2.36. The number of aromatic nitrogens is 3. The third-order valence-electron chi connectivity index (χ3n) is 4.84. The van der Waals surface area contributed by atoms with Gasteiger partial charge in [0, 0.05) is 17.3 Å². The van der Waals surface area contributed by atoms with Gasteiger partial charge in [-0.05, 0) is 42.3 Å². The van der Waals surface area contributed by atoms with Crippen molar-refractivity contribution < 1.29 is 26.5 Å². The van der Waals surface area contributed by atoms with Crippen LogP contribution < -0.4 is 21.7 Å². The van der Waals surface area contributed by atoms with Crippen LogP contribution in [0.15, 0.2) is 67.4 Å². The maximum Gasteiger partial charge on any atom is 0.243 e. The van der Waals surface area contributed by atoms with Crippen molar-refractivity contribution in [2.24, 2.45) is 7.05 Å². The summed E-state index contributed by atoms with van der Waals surface area (Å²) in [5.74, 6) is 0.869. The van der Waals surface area contributed by atoms with E-state index in [2.05, 4.69) is 19.1 Å². The van der Waals surface area contributed by atoms with Crippen LogP contribution in [0.25, 0.3) is 16.6 Å². The highest BCUT2D eigenvalue weighted by Crippen LogP contribution is 2.30. The number of carbonyl (C=O) groups excluding carboxylic acids is 1. The molecule has 4 rings (SSSR count). The molecule has 0 atom stereocenters. The van der Waals surface area contributed by atoms with Gasteiger partial charge in [-0.3, -0.25) is 4.79 Å². The summed E-state index contributed by atoms with van der Waals surface area (Å²) in [6.07, 6.45) is 7.70. The molecule has 0 bridgehead atoms. The molecule has 0 unspecified atom stereocenters. The van der Waals surface area contributed by atoms with Crippen molar-refractivity contribution in [1.82, 2.24) is 8.97 Å². The number of ether oxygens (including phenoxy) is 1. The molecule has 5 nitrogen and oxygen atoms in total. The lowest BCUT2D eigenvalue weighted by molar-refractivity contribution is -0.682. The number of ketones is 1. The Morgan fingerprint density at radius 2 is 1.89 bits per heavy atom. The standard InChI is InChI=1S/C22H22N3O2.ClH/c1-16-5-4-10-25-20(16)13-19(17-6-8-18(27-3)9-7-17)22(25)21(26)14-24-12-11-23(2)15-24;/h4-13,15H,14H2,1-3H3;1H/q+1;/p-1. The predicted octanol–water partition coefficient (Wildman–Crippen LogP) is 0.436. The van der Waals surface area contributed by atoms with Crippen molar-refractivity contribution in [3.63, 3.8) is 0 Å². The molecule has 0 aliphatic rings. The fourth-order valence-corrected chi connectivity index (χ4v) is 3.45. The average molecular weight is 396 g/mol. The molecule has 0 amide bonds. The van der Waals surface area contributed by atoms with E-state index >= 15 is 0 Å². The predicted molar refractivity (Wildman–Crippen MR) is 104 cm³/mol. The number of methoxy groups -OCH3 is 1. The summed E-state index contributed by atoms with van der Waals surface area (Å²) in [6, 6.07) is 14.0. The number of nitrogens with zero attached hydrogens (tertiary/aromatic N) is 3. The molecule has 0 aliphatic carbocycles. The van der Waals surface area contributed by atoms with Gasteiger partial charge in [0.2, 0.25) is 12.1 Å². The van der Waals surface area contributed by atoms with Crippen molar-refractivity contribution in [2.75, 3.05) is 7.11 Å². The summed E-state index contributed by atoms with van der Waals surface area (Å²) >= 11 is 0. The molecule has 28 heavy (non-hydrogen) atoms. The van der Waals surface area contributed by atoms with Crippen molar-refractivity contribution in [3.8, 4) is 16.9 Å². The van der Waals surface area contributed by atoms with E-state index in [1.807, 2.05) is 75.8 Å². The van der Waals surface area contributed by atoms with Crippen LogP contribution in [0, 0.1) is 6.92 Å². The Morgan fingerprint density at radius 3 is 2.54 bits per heavy atom. The normalized spacial score (nSPS) is 10.7. The Bertz CT molecular complexity index is 1130. The van der Waals surface area contributed by atoms with Crippen molar-refractivity contribution in [2.45, 2.75) is 13.5 Å². The SMILES string of the molecule is COc1ccc(-c2cc3c(C)cccn3c2C(=O)C[n+]2ccn(C)c2)cc1.[Cl-]. The van der Waals surface area contributed by atoms with Gasteiger partial charge in [-0.2, -0.15) is 0 Å². The lowest BCUT2D eigenvalue weighted by Crippen LogP contribution is -3.00. The maximum atomic E-state index is 13.3. The molecule has 3 heterocycles. The number of hydrogen-bond acceptors (Lipinski definition) is 2. The molecule has 0 radical (unpaired) electrons. The number of halogens is 1. The minimum absolute atomic E-state index is 0. The van der Waals surface area contributed by atoms with Crippen LogP contribution in [0.2, 0.25) is 0 Å². The van der Waals surface area contributed by atoms with Crippen molar-refractivity contribution in [3.05, 3.63) is 78.6 Å². The smallest absolute Gasteiger partial charge is 0.243 e.